The fraction of sp³-hybridized carbons (Fsp3) is 0.429. The Labute approximate surface area is 112 Å². The molecule has 2 nitrogen and oxygen atoms in total. The van der Waals surface area contributed by atoms with Crippen LogP contribution in [0.25, 0.3) is 0 Å². The lowest BCUT2D eigenvalue weighted by molar-refractivity contribution is 0.524. The maximum atomic E-state index is 13.3. The number of nitrogens with two attached hydrogens (primary N) is 1. The zero-order chi connectivity index (χ0) is 13.0. The Morgan fingerprint density at radius 1 is 1.39 bits per heavy atom. The Bertz CT molecular complexity index is 445. The first-order chi connectivity index (χ1) is 8.70. The number of rotatable bonds is 4. The highest BCUT2D eigenvalue weighted by molar-refractivity contribution is 6.31. The zero-order valence-corrected chi connectivity index (χ0v) is 11.0. The van der Waals surface area contributed by atoms with E-state index in [0.717, 1.165) is 24.8 Å². The van der Waals surface area contributed by atoms with Crippen LogP contribution in [-0.2, 0) is 0 Å². The quantitative estimate of drug-likeness (QED) is 0.494. The number of benzene rings is 1. The number of nitrogens with one attached hydrogen (secondary N) is 1. The molecule has 1 aromatic rings. The van der Waals surface area contributed by atoms with E-state index in [1.165, 1.54) is 30.5 Å². The molecule has 18 heavy (non-hydrogen) atoms. The van der Waals surface area contributed by atoms with Gasteiger partial charge in [-0.05, 0) is 55.9 Å². The largest absolute Gasteiger partial charge is 0.271 e. The minimum atomic E-state index is -0.285. The molecule has 0 saturated heterocycles. The van der Waals surface area contributed by atoms with E-state index >= 15 is 0 Å². The van der Waals surface area contributed by atoms with E-state index in [9.17, 15) is 4.39 Å². The smallest absolute Gasteiger partial charge is 0.123 e. The van der Waals surface area contributed by atoms with Crippen molar-refractivity contribution in [1.29, 1.82) is 0 Å². The van der Waals surface area contributed by atoms with Gasteiger partial charge < -0.3 is 0 Å². The minimum absolute atomic E-state index is 0.127. The number of hydrogen-bond donors (Lipinski definition) is 2. The van der Waals surface area contributed by atoms with Crippen LogP contribution in [0, 0.1) is 5.82 Å². The highest BCUT2D eigenvalue weighted by Crippen LogP contribution is 2.31. The molecule has 1 atom stereocenters. The van der Waals surface area contributed by atoms with E-state index in [1.54, 1.807) is 6.07 Å². The van der Waals surface area contributed by atoms with Gasteiger partial charge in [0.15, 0.2) is 0 Å². The summed E-state index contributed by atoms with van der Waals surface area (Å²) < 4.78 is 13.3. The molecule has 0 heterocycles. The van der Waals surface area contributed by atoms with Gasteiger partial charge in [-0.3, -0.25) is 11.3 Å². The third kappa shape index (κ3) is 3.31. The lowest BCUT2D eigenvalue weighted by Crippen LogP contribution is -2.28. The average Bonchev–Trinajstić information content (AvgIpc) is 2.40. The van der Waals surface area contributed by atoms with Crippen molar-refractivity contribution in [2.75, 3.05) is 0 Å². The molecule has 1 unspecified atom stereocenters. The van der Waals surface area contributed by atoms with Gasteiger partial charge in [0.1, 0.15) is 5.82 Å². The average molecular weight is 269 g/mol. The Hall–Kier alpha value is -0.900. The van der Waals surface area contributed by atoms with Gasteiger partial charge >= 0.3 is 0 Å². The minimum Gasteiger partial charge on any atom is -0.271 e. The van der Waals surface area contributed by atoms with E-state index in [4.69, 9.17) is 17.4 Å². The SMILES string of the molecule is NNC(CC1=CCCCC1)c1cc(F)ccc1Cl. The Morgan fingerprint density at radius 2 is 2.22 bits per heavy atom. The molecule has 2 rings (SSSR count). The van der Waals surface area contributed by atoms with Crippen molar-refractivity contribution >= 4 is 11.6 Å². The van der Waals surface area contributed by atoms with Crippen molar-refractivity contribution in [2.24, 2.45) is 5.84 Å². The lowest BCUT2D eigenvalue weighted by Gasteiger charge is -2.21. The normalized spacial score (nSPS) is 17.4. The summed E-state index contributed by atoms with van der Waals surface area (Å²) in [5.41, 5.74) is 4.85. The van der Waals surface area contributed by atoms with Crippen LogP contribution in [0.1, 0.15) is 43.7 Å². The van der Waals surface area contributed by atoms with Crippen molar-refractivity contribution in [1.82, 2.24) is 5.43 Å². The van der Waals surface area contributed by atoms with Crippen molar-refractivity contribution in [3.05, 3.63) is 46.3 Å². The van der Waals surface area contributed by atoms with E-state index in [2.05, 4.69) is 11.5 Å². The van der Waals surface area contributed by atoms with Crippen molar-refractivity contribution < 1.29 is 4.39 Å². The second-order valence-electron chi connectivity index (χ2n) is 4.70. The van der Waals surface area contributed by atoms with Gasteiger partial charge in [0.05, 0.1) is 6.04 Å². The molecule has 1 aromatic carbocycles. The molecule has 0 aliphatic heterocycles. The molecule has 1 aliphatic carbocycles. The Kier molecular flexibility index (Phi) is 4.75. The molecular formula is C14H18ClFN2. The standard InChI is InChI=1S/C14H18ClFN2/c15-13-7-6-11(16)9-12(13)14(18-17)8-10-4-2-1-3-5-10/h4,6-7,9,14,18H,1-3,5,8,17H2. The maximum absolute atomic E-state index is 13.3. The fourth-order valence-electron chi connectivity index (χ4n) is 2.39. The molecule has 0 saturated carbocycles. The highest BCUT2D eigenvalue weighted by atomic mass is 35.5. The monoisotopic (exact) mass is 268 g/mol. The predicted molar refractivity (Wildman–Crippen MR) is 72.6 cm³/mol. The molecule has 0 radical (unpaired) electrons. The Morgan fingerprint density at radius 3 is 2.89 bits per heavy atom. The third-order valence-electron chi connectivity index (χ3n) is 3.39. The molecule has 98 valence electrons. The summed E-state index contributed by atoms with van der Waals surface area (Å²) in [6.07, 6.45) is 7.76. The third-order valence-corrected chi connectivity index (χ3v) is 3.73. The molecule has 0 fully saturated rings. The van der Waals surface area contributed by atoms with Gasteiger partial charge in [-0.25, -0.2) is 4.39 Å². The molecule has 0 aromatic heterocycles. The maximum Gasteiger partial charge on any atom is 0.123 e. The number of hydrogen-bond acceptors (Lipinski definition) is 2. The van der Waals surface area contributed by atoms with Gasteiger partial charge in [-0.15, -0.1) is 0 Å². The molecule has 0 bridgehead atoms. The second-order valence-corrected chi connectivity index (χ2v) is 5.10. The lowest BCUT2D eigenvalue weighted by atomic mass is 9.92. The first kappa shape index (κ1) is 13.5. The summed E-state index contributed by atoms with van der Waals surface area (Å²) in [6.45, 7) is 0. The zero-order valence-electron chi connectivity index (χ0n) is 10.3. The van der Waals surface area contributed by atoms with Crippen LogP contribution in [0.15, 0.2) is 29.8 Å². The summed E-state index contributed by atoms with van der Waals surface area (Å²) in [6, 6.07) is 4.26. The topological polar surface area (TPSA) is 38.0 Å². The van der Waals surface area contributed by atoms with Crippen LogP contribution >= 0.6 is 11.6 Å². The summed E-state index contributed by atoms with van der Waals surface area (Å²) in [5, 5.41) is 0.552. The molecule has 4 heteroatoms. The number of allylic oxidation sites excluding steroid dienone is 1. The van der Waals surface area contributed by atoms with Gasteiger partial charge in [-0.1, -0.05) is 23.3 Å². The number of halogens is 2. The van der Waals surface area contributed by atoms with E-state index in [0.29, 0.717) is 5.02 Å². The van der Waals surface area contributed by atoms with E-state index < -0.39 is 0 Å². The van der Waals surface area contributed by atoms with Crippen molar-refractivity contribution in [3.63, 3.8) is 0 Å². The number of hydrazine groups is 1. The Balaban J connectivity index is 2.17. The molecule has 0 amide bonds. The molecule has 3 N–H and O–H groups in total. The molecule has 0 spiro atoms. The molecule has 1 aliphatic rings. The van der Waals surface area contributed by atoms with Gasteiger partial charge in [-0.2, -0.15) is 0 Å². The van der Waals surface area contributed by atoms with Crippen LogP contribution in [0.2, 0.25) is 5.02 Å². The predicted octanol–water partition coefficient (Wildman–Crippen LogP) is 3.87. The van der Waals surface area contributed by atoms with Crippen LogP contribution in [-0.4, -0.2) is 0 Å². The van der Waals surface area contributed by atoms with Crippen LogP contribution < -0.4 is 11.3 Å². The van der Waals surface area contributed by atoms with E-state index in [-0.39, 0.29) is 11.9 Å². The van der Waals surface area contributed by atoms with Crippen LogP contribution in [0.5, 0.6) is 0 Å². The summed E-state index contributed by atoms with van der Waals surface area (Å²) in [4.78, 5) is 0. The van der Waals surface area contributed by atoms with Crippen LogP contribution in [0.3, 0.4) is 0 Å². The van der Waals surface area contributed by atoms with Gasteiger partial charge in [0, 0.05) is 5.02 Å². The van der Waals surface area contributed by atoms with E-state index in [1.807, 2.05) is 0 Å². The van der Waals surface area contributed by atoms with Gasteiger partial charge in [0.2, 0.25) is 0 Å². The molecular weight excluding hydrogens is 251 g/mol. The fourth-order valence-corrected chi connectivity index (χ4v) is 2.64. The first-order valence-corrected chi connectivity index (χ1v) is 6.67. The van der Waals surface area contributed by atoms with Crippen LogP contribution in [0.4, 0.5) is 4.39 Å². The van der Waals surface area contributed by atoms with Crippen molar-refractivity contribution in [3.8, 4) is 0 Å². The summed E-state index contributed by atoms with van der Waals surface area (Å²) >= 11 is 6.11. The van der Waals surface area contributed by atoms with Crippen molar-refractivity contribution in [2.45, 2.75) is 38.1 Å². The second kappa shape index (κ2) is 6.32. The van der Waals surface area contributed by atoms with Gasteiger partial charge in [0.25, 0.3) is 0 Å². The summed E-state index contributed by atoms with van der Waals surface area (Å²) in [5.74, 6) is 5.30. The first-order valence-electron chi connectivity index (χ1n) is 6.29. The highest BCUT2D eigenvalue weighted by Gasteiger charge is 2.17. The summed E-state index contributed by atoms with van der Waals surface area (Å²) in [7, 11) is 0.